The van der Waals surface area contributed by atoms with Gasteiger partial charge in [-0.1, -0.05) is 85.1 Å². The number of likely N-dealkylation sites (tertiary alicyclic amines) is 1. The van der Waals surface area contributed by atoms with Crippen LogP contribution in [0.3, 0.4) is 0 Å². The third-order valence-corrected chi connectivity index (χ3v) is 38.2. The van der Waals surface area contributed by atoms with E-state index in [4.69, 9.17) is 59.9 Å². The highest BCUT2D eigenvalue weighted by atomic mass is 31.3. The Bertz CT molecular complexity index is 5890. The van der Waals surface area contributed by atoms with Gasteiger partial charge in [-0.3, -0.25) is 97.4 Å². The van der Waals surface area contributed by atoms with Crippen LogP contribution < -0.4 is 18.9 Å². The van der Waals surface area contributed by atoms with Crippen LogP contribution >= 0.6 is 60.8 Å². The smallest absolute Gasteiger partial charge is 0.447 e. The Hall–Kier alpha value is -9.26. The van der Waals surface area contributed by atoms with E-state index in [9.17, 15) is 125 Å². The highest BCUT2D eigenvalue weighted by molar-refractivity contribution is 7.75. The molecule has 0 spiro atoms. The molecule has 0 saturated carbocycles. The molecule has 6 fully saturated rings. The Balaban J connectivity index is 0.000000168. The number of benzene rings is 4. The molecule has 130 heavy (non-hydrogen) atoms. The number of hydrogen-bond acceptors (Lipinski definition) is 37. The molecule has 0 bridgehead atoms. The first-order valence-electron chi connectivity index (χ1n) is 37.9. The molecule has 6 aliphatic heterocycles. The van der Waals surface area contributed by atoms with Crippen LogP contribution in [0.4, 0.5) is 24.0 Å². The maximum atomic E-state index is 13.0. The normalized spacial score (nSPS) is 31.4. The quantitative estimate of drug-likeness (QED) is 0.0174. The van der Waals surface area contributed by atoms with Crippen LogP contribution in [0.15, 0.2) is 177 Å². The monoisotopic (exact) mass is 1970 g/mol. The maximum Gasteiger partial charge on any atom is 0.513 e. The van der Waals surface area contributed by atoms with Gasteiger partial charge in [0.05, 0.1) is 37.0 Å². The summed E-state index contributed by atoms with van der Waals surface area (Å²) in [4.78, 5) is 172. The lowest BCUT2D eigenvalue weighted by Gasteiger charge is -2.41. The van der Waals surface area contributed by atoms with Crippen molar-refractivity contribution in [2.45, 2.75) is 119 Å². The number of methoxy groups -OCH3 is 1. The van der Waals surface area contributed by atoms with Crippen LogP contribution in [0, 0.1) is 26.2 Å². The molecular formula is C75H84N6O41P8. The van der Waals surface area contributed by atoms with Crippen molar-refractivity contribution < 1.29 is 194 Å². The first kappa shape index (κ1) is 101. The molecule has 47 nitrogen and oxygen atoms in total. The second-order valence-electron chi connectivity index (χ2n) is 29.7. The van der Waals surface area contributed by atoms with E-state index in [2.05, 4.69) is 29.4 Å². The van der Waals surface area contributed by atoms with Crippen molar-refractivity contribution in [1.29, 1.82) is 0 Å². The number of ether oxygens (including phenoxy) is 7. The van der Waals surface area contributed by atoms with Crippen molar-refractivity contribution in [1.82, 2.24) is 29.7 Å². The number of carbonyl (C=O) groups is 6. The number of aliphatic hydroxyl groups is 4. The number of cyclic esters (lactones) is 1. The Morgan fingerprint density at radius 1 is 0.423 bits per heavy atom. The fourth-order valence-electron chi connectivity index (χ4n) is 12.7. The average molecular weight is 1970 g/mol. The number of aryl methyl sites for hydroxylation is 3. The van der Waals surface area contributed by atoms with Crippen LogP contribution in [0.2, 0.25) is 0 Å². The predicted molar refractivity (Wildman–Crippen MR) is 441 cm³/mol. The summed E-state index contributed by atoms with van der Waals surface area (Å²) in [5.74, 6) is -0.918. The van der Waals surface area contributed by atoms with Gasteiger partial charge in [-0.25, -0.2) is 33.8 Å². The number of amides is 4. The van der Waals surface area contributed by atoms with Gasteiger partial charge in [-0.2, -0.15) is 0 Å². The Kier molecular flexibility index (Phi) is 30.8. The maximum absolute atomic E-state index is 13.0. The van der Waals surface area contributed by atoms with Gasteiger partial charge < -0.3 is 92.7 Å². The molecule has 6 aliphatic rings. The van der Waals surface area contributed by atoms with Gasteiger partial charge in [0.15, 0.2) is 0 Å². The molecule has 0 radical (unpaired) electrons. The van der Waals surface area contributed by atoms with Gasteiger partial charge in [-0.05, 0) is 129 Å². The summed E-state index contributed by atoms with van der Waals surface area (Å²) in [5.41, 5.74) is 1.56. The number of imide groups is 2. The van der Waals surface area contributed by atoms with Crippen molar-refractivity contribution in [2.24, 2.45) is 5.41 Å². The second kappa shape index (κ2) is 39.5. The number of rotatable bonds is 17. The van der Waals surface area contributed by atoms with E-state index in [-0.39, 0.29) is 99.7 Å². The molecule has 4 aromatic carbocycles. The minimum absolute atomic E-state index is 0.0135. The number of aromatic nitrogens is 4. The zero-order valence-corrected chi connectivity index (χ0v) is 76.0. The fourth-order valence-corrected chi connectivity index (χ4v) is 27.0. The molecule has 14 rings (SSSR count). The highest BCUT2D eigenvalue weighted by Crippen LogP contribution is 2.83. The summed E-state index contributed by atoms with van der Waals surface area (Å²) >= 11 is 0. The lowest BCUT2D eigenvalue weighted by Crippen LogP contribution is -2.38. The number of carbonyl (C=O) groups excluding carboxylic acids is 6. The number of nitrogens with zero attached hydrogens (tertiary/aromatic N) is 6. The van der Waals surface area contributed by atoms with E-state index < -0.39 is 168 Å². The number of hydrogen-bond donors (Lipinski definition) is 12. The molecule has 8 unspecified atom stereocenters. The Labute approximate surface area is 736 Å². The van der Waals surface area contributed by atoms with Gasteiger partial charge in [-0.15, -0.1) is 0 Å². The van der Waals surface area contributed by atoms with E-state index in [1.165, 1.54) is 165 Å². The molecule has 55 heteroatoms. The molecule has 4 amide bonds. The van der Waals surface area contributed by atoms with Crippen molar-refractivity contribution in [3.8, 4) is 23.0 Å². The summed E-state index contributed by atoms with van der Waals surface area (Å²) in [6, 6.07) is 29.6. The van der Waals surface area contributed by atoms with E-state index >= 15 is 0 Å². The van der Waals surface area contributed by atoms with E-state index in [1.807, 2.05) is 0 Å². The Morgan fingerprint density at radius 3 is 1.02 bits per heavy atom. The van der Waals surface area contributed by atoms with E-state index in [0.29, 0.717) is 28.0 Å². The summed E-state index contributed by atoms with van der Waals surface area (Å²) in [6.45, 7) is 10.2. The van der Waals surface area contributed by atoms with Gasteiger partial charge in [0, 0.05) is 92.8 Å². The second-order valence-corrected chi connectivity index (χ2v) is 47.1. The first-order chi connectivity index (χ1) is 60.7. The average Bonchev–Trinajstić information content (AvgIpc) is 0.732. The van der Waals surface area contributed by atoms with Crippen molar-refractivity contribution in [2.75, 3.05) is 33.4 Å². The van der Waals surface area contributed by atoms with Crippen molar-refractivity contribution in [3.63, 3.8) is 0 Å². The molecule has 6 saturated heterocycles. The van der Waals surface area contributed by atoms with Crippen LogP contribution in [0.25, 0.3) is 0 Å². The van der Waals surface area contributed by atoms with Crippen LogP contribution in [0.1, 0.15) is 114 Å². The summed E-state index contributed by atoms with van der Waals surface area (Å²) in [5, 5.41) is 30.6. The van der Waals surface area contributed by atoms with Gasteiger partial charge >= 0.3 is 91.4 Å². The van der Waals surface area contributed by atoms with Crippen molar-refractivity contribution >= 4 is 97.3 Å². The molecule has 0 aliphatic carbocycles. The minimum atomic E-state index is -5.25. The molecular weight excluding hydrogens is 1890 g/mol. The van der Waals surface area contributed by atoms with Crippen LogP contribution in [-0.4, -0.2) is 180 Å². The van der Waals surface area contributed by atoms with Crippen LogP contribution in [0.5, 0.6) is 23.0 Å². The molecule has 8 aromatic rings. The molecule has 12 N–H and O–H groups in total. The predicted octanol–water partition coefficient (Wildman–Crippen LogP) is 11.9. The third-order valence-electron chi connectivity index (χ3n) is 19.8. The minimum Gasteiger partial charge on any atom is -0.447 e. The van der Waals surface area contributed by atoms with E-state index in [1.54, 1.807) is 53.7 Å². The Morgan fingerprint density at radius 2 is 0.738 bits per heavy atom. The largest absolute Gasteiger partial charge is 0.513 e. The van der Waals surface area contributed by atoms with Crippen LogP contribution in [-0.2, 0) is 117 Å². The summed E-state index contributed by atoms with van der Waals surface area (Å²) in [7, 11) is -40.4. The van der Waals surface area contributed by atoms with Gasteiger partial charge in [0.1, 0.15) is 29.6 Å². The standard InChI is InChI=1S/C21H24N2O10P2.C19H20N2O11P2.C18H21NO10P2.C17H19NO10P2/c1-20(2)9-11-23(18(20)24)19(25)31-16-7-5-15(6-8-16)17-32-34(27,28)21(26,35(29,30)33-17)12-14-4-3-10-22-13-14;1-12-4-5-15(30-18(23)21-7-8-29-17(21)22)14(9-12)16-31-33(25,26)19(24,34(27,28)32-16)10-13-3-2-6-20-11-13;1-3-26-17(20)27-15-7-6-12(2)9-14(15)16-28-30(22,23)18(21,31(24,25)29-16)10-13-5-4-8-19-11-13;1-11-5-6-14(26-16(19)25-2)13(8-11)15-27-29(21,22)17(20,30(23,24)28-15)9-12-4-3-7-18-10-12/h3-8,10,13,17,26H,9,11-12H2,1-2H3,(H,27,28)(H,29,30);2-6,9,11,16,24H,7-8,10H2,1H3,(H,25,26)(H,27,28);4-9,11,16,21H,3,10H2,1-2H3,(H,22,23)(H,24,25);3-8,10,15,20H,9H2,1-2H3,(H,21,22)(H,23,24). The summed E-state index contributed by atoms with van der Waals surface area (Å²) < 4.78 is 178. The highest BCUT2D eigenvalue weighted by Gasteiger charge is 2.71. The fraction of sp³-hybridized carbons (Fsp3) is 0.333. The lowest BCUT2D eigenvalue weighted by molar-refractivity contribution is -0.132. The molecule has 4 aromatic heterocycles. The molecule has 8 atom stereocenters. The topological polar surface area (TPSA) is 678 Å². The van der Waals surface area contributed by atoms with Crippen molar-refractivity contribution in [3.05, 3.63) is 238 Å². The summed E-state index contributed by atoms with van der Waals surface area (Å²) in [6.07, 6.45) is -4.21. The SMILES string of the molecule is CC1(C)CCN(C(=O)Oc2ccc(C3OP(=O)(O)C(O)(Cc4cccnc4)P(=O)(O)O3)cc2)C1=O.CCOC(=O)Oc1ccc(C)cc1C1OP(=O)(O)C(O)(Cc2cccnc2)P(=O)(O)O1.COC(=O)Oc1ccc(C)cc1C1OP(=O)(O)C(O)(Cc2cccnc2)P(=O)(O)O1.Cc1ccc(OC(=O)N2CCOC2=O)c(C2OP(=O)(O)C(O)(Cc3cccnc3)P(=O)(O)O2)c1. The number of pyridine rings is 4. The zero-order valence-electron chi connectivity index (χ0n) is 68.9. The third kappa shape index (κ3) is 21.8. The van der Waals surface area contributed by atoms with Gasteiger partial charge in [0.2, 0.25) is 31.1 Å². The molecule has 700 valence electrons. The van der Waals surface area contributed by atoms with E-state index in [0.717, 1.165) is 12.0 Å². The first-order valence-corrected chi connectivity index (χ1v) is 50.6. The molecule has 10 heterocycles. The van der Waals surface area contributed by atoms with Gasteiger partial charge in [0.25, 0.3) is 20.3 Å². The zero-order chi connectivity index (χ0) is 95.4. The lowest BCUT2D eigenvalue weighted by atomic mass is 9.92.